The molecule has 0 saturated heterocycles. The molecule has 20 heavy (non-hydrogen) atoms. The number of hydrogen-bond acceptors (Lipinski definition) is 3. The first-order valence-corrected chi connectivity index (χ1v) is 7.99. The summed E-state index contributed by atoms with van der Waals surface area (Å²) >= 11 is 0. The van der Waals surface area contributed by atoms with E-state index in [4.69, 9.17) is 0 Å². The first-order chi connectivity index (χ1) is 9.70. The number of ketones is 1. The van der Waals surface area contributed by atoms with Gasteiger partial charge < -0.3 is 4.74 Å². The molecular formula is C17H30O3. The molecule has 0 unspecified atom stereocenters. The van der Waals surface area contributed by atoms with E-state index in [0.29, 0.717) is 6.42 Å². The van der Waals surface area contributed by atoms with Gasteiger partial charge in [-0.25, -0.2) is 4.79 Å². The van der Waals surface area contributed by atoms with E-state index in [1.54, 1.807) is 0 Å². The number of esters is 1. The van der Waals surface area contributed by atoms with Gasteiger partial charge in [0, 0.05) is 12.5 Å². The summed E-state index contributed by atoms with van der Waals surface area (Å²) in [6, 6.07) is 0. The number of hydrogen-bond donors (Lipinski definition) is 0. The average Bonchev–Trinajstić information content (AvgIpc) is 2.46. The zero-order valence-corrected chi connectivity index (χ0v) is 13.2. The van der Waals surface area contributed by atoms with Gasteiger partial charge in [0.15, 0.2) is 5.78 Å². The minimum atomic E-state index is -0.471. The van der Waals surface area contributed by atoms with Crippen molar-refractivity contribution in [2.75, 3.05) is 7.11 Å². The SMILES string of the molecule is CCCCCCCCCCCCC(=O)/C=C/C(=O)OC. The van der Waals surface area contributed by atoms with Crippen LogP contribution in [0.4, 0.5) is 0 Å². The van der Waals surface area contributed by atoms with Crippen LogP contribution in [0, 0.1) is 0 Å². The summed E-state index contributed by atoms with van der Waals surface area (Å²) in [6.45, 7) is 2.24. The summed E-state index contributed by atoms with van der Waals surface area (Å²) in [5, 5.41) is 0. The molecule has 0 radical (unpaired) electrons. The molecule has 0 saturated carbocycles. The summed E-state index contributed by atoms with van der Waals surface area (Å²) in [7, 11) is 1.30. The van der Waals surface area contributed by atoms with Crippen LogP contribution in [0.15, 0.2) is 12.2 Å². The Balaban J connectivity index is 3.29. The van der Waals surface area contributed by atoms with E-state index in [2.05, 4.69) is 11.7 Å². The Morgan fingerprint density at radius 2 is 1.30 bits per heavy atom. The topological polar surface area (TPSA) is 43.4 Å². The average molecular weight is 282 g/mol. The Kier molecular flexibility index (Phi) is 13.5. The smallest absolute Gasteiger partial charge is 0.330 e. The molecule has 0 aromatic carbocycles. The van der Waals surface area contributed by atoms with Crippen molar-refractivity contribution < 1.29 is 14.3 Å². The zero-order valence-electron chi connectivity index (χ0n) is 13.2. The number of carbonyl (C=O) groups is 2. The molecular weight excluding hydrogens is 252 g/mol. The van der Waals surface area contributed by atoms with Crippen LogP contribution in [0.3, 0.4) is 0 Å². The highest BCUT2D eigenvalue weighted by molar-refractivity contribution is 5.95. The van der Waals surface area contributed by atoms with Crippen molar-refractivity contribution in [2.24, 2.45) is 0 Å². The Hall–Kier alpha value is -1.12. The molecule has 0 aliphatic rings. The lowest BCUT2D eigenvalue weighted by atomic mass is 10.0. The van der Waals surface area contributed by atoms with Crippen molar-refractivity contribution in [3.63, 3.8) is 0 Å². The minimum absolute atomic E-state index is 0.00923. The van der Waals surface area contributed by atoms with Gasteiger partial charge in [0.05, 0.1) is 7.11 Å². The summed E-state index contributed by atoms with van der Waals surface area (Å²) in [5.41, 5.74) is 0. The maximum atomic E-state index is 11.4. The summed E-state index contributed by atoms with van der Waals surface area (Å²) < 4.78 is 4.43. The monoisotopic (exact) mass is 282 g/mol. The van der Waals surface area contributed by atoms with Gasteiger partial charge in [0.2, 0.25) is 0 Å². The van der Waals surface area contributed by atoms with Crippen LogP contribution in [0.1, 0.15) is 77.6 Å². The molecule has 0 rings (SSSR count). The highest BCUT2D eigenvalue weighted by Gasteiger charge is 1.99. The predicted octanol–water partition coefficient (Wildman–Crippen LogP) is 4.60. The van der Waals surface area contributed by atoms with Crippen LogP contribution in [-0.2, 0) is 14.3 Å². The first kappa shape index (κ1) is 18.9. The van der Waals surface area contributed by atoms with Gasteiger partial charge in [0.1, 0.15) is 0 Å². The number of methoxy groups -OCH3 is 1. The van der Waals surface area contributed by atoms with E-state index in [0.717, 1.165) is 12.8 Å². The van der Waals surface area contributed by atoms with Crippen LogP contribution in [0.5, 0.6) is 0 Å². The van der Waals surface area contributed by atoms with Crippen molar-refractivity contribution in [3.05, 3.63) is 12.2 Å². The zero-order chi connectivity index (χ0) is 15.1. The lowest BCUT2D eigenvalue weighted by molar-refractivity contribution is -0.135. The highest BCUT2D eigenvalue weighted by Crippen LogP contribution is 2.11. The van der Waals surface area contributed by atoms with Crippen molar-refractivity contribution >= 4 is 11.8 Å². The molecule has 116 valence electrons. The predicted molar refractivity (Wildman–Crippen MR) is 82.6 cm³/mol. The standard InChI is InChI=1S/C17H30O3/c1-3-4-5-6-7-8-9-10-11-12-13-16(18)14-15-17(19)20-2/h14-15H,3-13H2,1-2H3/b15-14+. The van der Waals surface area contributed by atoms with E-state index in [1.807, 2.05) is 0 Å². The fourth-order valence-corrected chi connectivity index (χ4v) is 2.10. The van der Waals surface area contributed by atoms with Gasteiger partial charge in [0.25, 0.3) is 0 Å². The number of carbonyl (C=O) groups excluding carboxylic acids is 2. The van der Waals surface area contributed by atoms with Gasteiger partial charge >= 0.3 is 5.97 Å². The third kappa shape index (κ3) is 13.3. The number of unbranched alkanes of at least 4 members (excludes halogenated alkanes) is 9. The Bertz CT molecular complexity index is 282. The number of allylic oxidation sites excluding steroid dienone is 1. The lowest BCUT2D eigenvalue weighted by Crippen LogP contribution is -1.98. The number of ether oxygens (including phenoxy) is 1. The van der Waals surface area contributed by atoms with Crippen molar-refractivity contribution in [1.82, 2.24) is 0 Å². The second-order valence-corrected chi connectivity index (χ2v) is 5.25. The molecule has 0 fully saturated rings. The van der Waals surface area contributed by atoms with Crippen molar-refractivity contribution in [1.29, 1.82) is 0 Å². The first-order valence-electron chi connectivity index (χ1n) is 7.99. The molecule has 0 spiro atoms. The molecule has 0 heterocycles. The molecule has 0 atom stereocenters. The van der Waals surface area contributed by atoms with E-state index in [1.165, 1.54) is 70.6 Å². The second kappa shape index (κ2) is 14.3. The third-order valence-electron chi connectivity index (χ3n) is 3.38. The fourth-order valence-electron chi connectivity index (χ4n) is 2.10. The summed E-state index contributed by atoms with van der Waals surface area (Å²) in [4.78, 5) is 22.2. The van der Waals surface area contributed by atoms with Gasteiger partial charge in [-0.2, -0.15) is 0 Å². The fraction of sp³-hybridized carbons (Fsp3) is 0.765. The molecule has 0 bridgehead atoms. The maximum absolute atomic E-state index is 11.4. The molecule has 0 N–H and O–H groups in total. The number of rotatable bonds is 13. The summed E-state index contributed by atoms with van der Waals surface area (Å²) in [6.07, 6.45) is 15.6. The largest absolute Gasteiger partial charge is 0.466 e. The molecule has 3 heteroatoms. The van der Waals surface area contributed by atoms with E-state index < -0.39 is 5.97 Å². The third-order valence-corrected chi connectivity index (χ3v) is 3.38. The van der Waals surface area contributed by atoms with E-state index in [-0.39, 0.29) is 5.78 Å². The second-order valence-electron chi connectivity index (χ2n) is 5.25. The molecule has 0 amide bonds. The quantitative estimate of drug-likeness (QED) is 0.282. The molecule has 0 aromatic heterocycles. The van der Waals surface area contributed by atoms with Gasteiger partial charge in [-0.1, -0.05) is 64.7 Å². The van der Waals surface area contributed by atoms with Crippen LogP contribution in [0.25, 0.3) is 0 Å². The van der Waals surface area contributed by atoms with Crippen molar-refractivity contribution in [2.45, 2.75) is 77.6 Å². The molecule has 0 aliphatic carbocycles. The Morgan fingerprint density at radius 1 is 0.800 bits per heavy atom. The minimum Gasteiger partial charge on any atom is -0.466 e. The summed E-state index contributed by atoms with van der Waals surface area (Å²) in [5.74, 6) is -0.462. The van der Waals surface area contributed by atoms with Crippen LogP contribution >= 0.6 is 0 Å². The molecule has 0 aliphatic heterocycles. The van der Waals surface area contributed by atoms with Crippen LogP contribution < -0.4 is 0 Å². The molecule has 3 nitrogen and oxygen atoms in total. The molecule has 0 aromatic rings. The van der Waals surface area contributed by atoms with Gasteiger partial charge in [-0.05, 0) is 12.5 Å². The Labute approximate surface area is 123 Å². The lowest BCUT2D eigenvalue weighted by Gasteiger charge is -2.01. The van der Waals surface area contributed by atoms with Crippen LogP contribution in [0.2, 0.25) is 0 Å². The van der Waals surface area contributed by atoms with E-state index in [9.17, 15) is 9.59 Å². The van der Waals surface area contributed by atoms with Gasteiger partial charge in [-0.3, -0.25) is 4.79 Å². The normalized spacial score (nSPS) is 10.9. The van der Waals surface area contributed by atoms with E-state index >= 15 is 0 Å². The van der Waals surface area contributed by atoms with Gasteiger partial charge in [-0.15, -0.1) is 0 Å². The highest BCUT2D eigenvalue weighted by atomic mass is 16.5. The maximum Gasteiger partial charge on any atom is 0.330 e. The van der Waals surface area contributed by atoms with Crippen molar-refractivity contribution in [3.8, 4) is 0 Å². The van der Waals surface area contributed by atoms with Crippen LogP contribution in [-0.4, -0.2) is 18.9 Å². The Morgan fingerprint density at radius 3 is 1.80 bits per heavy atom.